The van der Waals surface area contributed by atoms with E-state index >= 15 is 0 Å². The van der Waals surface area contributed by atoms with Crippen LogP contribution in [0.1, 0.15) is 26.3 Å². The van der Waals surface area contributed by atoms with Crippen LogP contribution in [0, 0.1) is 0 Å². The molecule has 0 bridgehead atoms. The molecule has 1 aromatic rings. The largest absolute Gasteiger partial charge is 0.497 e. The van der Waals surface area contributed by atoms with Gasteiger partial charge >= 0.3 is 0 Å². The Labute approximate surface area is 125 Å². The molecule has 0 fully saturated rings. The second kappa shape index (κ2) is 7.09. The Morgan fingerprint density at radius 2 is 1.80 bits per heavy atom. The third-order valence-corrected chi connectivity index (χ3v) is 2.53. The lowest BCUT2D eigenvalue weighted by atomic mass is 10.1. The summed E-state index contributed by atoms with van der Waals surface area (Å²) in [6.45, 7) is 5.96. The number of nitrogens with one attached hydrogen (secondary N) is 3. The van der Waals surface area contributed by atoms with Crippen LogP contribution >= 0.6 is 12.2 Å². The van der Waals surface area contributed by atoms with E-state index in [9.17, 15) is 4.79 Å². The van der Waals surface area contributed by atoms with Crippen molar-refractivity contribution in [2.75, 3.05) is 7.11 Å². The molecule has 0 atom stereocenters. The van der Waals surface area contributed by atoms with Gasteiger partial charge in [-0.2, -0.15) is 0 Å². The molecule has 0 saturated carbocycles. The minimum atomic E-state index is -0.159. The first-order valence-corrected chi connectivity index (χ1v) is 6.71. The molecule has 0 aliphatic carbocycles. The summed E-state index contributed by atoms with van der Waals surface area (Å²) in [5.41, 5.74) is 5.99. The number of methoxy groups -OCH3 is 1. The molecule has 0 radical (unpaired) electrons. The standard InChI is InChI=1S/C14H21N3O2S/c1-14(2,3)15-13(20)17-16-12(18)9-10-5-7-11(19-4)8-6-10/h5-8H,9H2,1-4H3,(H,16,18)(H2,15,17,20). The van der Waals surface area contributed by atoms with Crippen molar-refractivity contribution < 1.29 is 9.53 Å². The van der Waals surface area contributed by atoms with Gasteiger partial charge in [-0.3, -0.25) is 15.6 Å². The Morgan fingerprint density at radius 1 is 1.20 bits per heavy atom. The van der Waals surface area contributed by atoms with Gasteiger partial charge in [0.1, 0.15) is 5.75 Å². The van der Waals surface area contributed by atoms with E-state index in [1.807, 2.05) is 45.0 Å². The minimum Gasteiger partial charge on any atom is -0.497 e. The summed E-state index contributed by atoms with van der Waals surface area (Å²) in [6, 6.07) is 7.35. The summed E-state index contributed by atoms with van der Waals surface area (Å²) in [4.78, 5) is 11.7. The van der Waals surface area contributed by atoms with E-state index in [0.717, 1.165) is 11.3 Å². The second-order valence-electron chi connectivity index (χ2n) is 5.40. The fraction of sp³-hybridized carbons (Fsp3) is 0.429. The number of amides is 1. The molecular weight excluding hydrogens is 274 g/mol. The molecule has 6 heteroatoms. The predicted octanol–water partition coefficient (Wildman–Crippen LogP) is 1.53. The van der Waals surface area contributed by atoms with Crippen LogP contribution in [0.25, 0.3) is 0 Å². The Kier molecular flexibility index (Phi) is 5.76. The Balaban J connectivity index is 2.38. The third kappa shape index (κ3) is 6.38. The highest BCUT2D eigenvalue weighted by molar-refractivity contribution is 7.80. The summed E-state index contributed by atoms with van der Waals surface area (Å²) in [5, 5.41) is 3.43. The van der Waals surface area contributed by atoms with E-state index < -0.39 is 0 Å². The van der Waals surface area contributed by atoms with Crippen LogP contribution in [-0.2, 0) is 11.2 Å². The number of benzene rings is 1. The van der Waals surface area contributed by atoms with Crippen LogP contribution in [-0.4, -0.2) is 23.7 Å². The van der Waals surface area contributed by atoms with Gasteiger partial charge in [-0.1, -0.05) is 12.1 Å². The van der Waals surface area contributed by atoms with Crippen molar-refractivity contribution in [1.29, 1.82) is 0 Å². The van der Waals surface area contributed by atoms with Crippen LogP contribution in [0.4, 0.5) is 0 Å². The Morgan fingerprint density at radius 3 is 2.30 bits per heavy atom. The van der Waals surface area contributed by atoms with E-state index in [4.69, 9.17) is 17.0 Å². The van der Waals surface area contributed by atoms with Gasteiger partial charge < -0.3 is 10.1 Å². The monoisotopic (exact) mass is 295 g/mol. The van der Waals surface area contributed by atoms with E-state index in [-0.39, 0.29) is 17.9 Å². The summed E-state index contributed by atoms with van der Waals surface area (Å²) < 4.78 is 5.06. The first-order valence-electron chi connectivity index (χ1n) is 6.30. The highest BCUT2D eigenvalue weighted by Crippen LogP contribution is 2.11. The van der Waals surface area contributed by atoms with E-state index in [2.05, 4.69) is 16.2 Å². The van der Waals surface area contributed by atoms with Crippen LogP contribution in [0.15, 0.2) is 24.3 Å². The van der Waals surface area contributed by atoms with Crippen molar-refractivity contribution in [1.82, 2.24) is 16.2 Å². The van der Waals surface area contributed by atoms with Gasteiger partial charge in [0.25, 0.3) is 0 Å². The number of carbonyl (C=O) groups is 1. The summed E-state index contributed by atoms with van der Waals surface area (Å²) >= 11 is 5.06. The molecule has 0 aromatic heterocycles. The van der Waals surface area contributed by atoms with E-state index in [1.165, 1.54) is 0 Å². The average molecular weight is 295 g/mol. The lowest BCUT2D eigenvalue weighted by Crippen LogP contribution is -2.52. The lowest BCUT2D eigenvalue weighted by Gasteiger charge is -2.23. The molecule has 1 aromatic carbocycles. The SMILES string of the molecule is COc1ccc(CC(=O)NNC(=S)NC(C)(C)C)cc1. The first-order chi connectivity index (χ1) is 9.30. The third-order valence-electron chi connectivity index (χ3n) is 2.33. The van der Waals surface area contributed by atoms with Gasteiger partial charge in [-0.15, -0.1) is 0 Å². The summed E-state index contributed by atoms with van der Waals surface area (Å²) in [5.74, 6) is 0.607. The lowest BCUT2D eigenvalue weighted by molar-refractivity contribution is -0.121. The van der Waals surface area contributed by atoms with Gasteiger partial charge in [0.2, 0.25) is 5.91 Å². The maximum Gasteiger partial charge on any atom is 0.242 e. The number of carbonyl (C=O) groups excluding carboxylic acids is 1. The fourth-order valence-corrected chi connectivity index (χ4v) is 1.83. The topological polar surface area (TPSA) is 62.4 Å². The highest BCUT2D eigenvalue weighted by atomic mass is 32.1. The summed E-state index contributed by atoms with van der Waals surface area (Å²) in [6.07, 6.45) is 0.273. The predicted molar refractivity (Wildman–Crippen MR) is 83.5 cm³/mol. The second-order valence-corrected chi connectivity index (χ2v) is 5.81. The normalized spacial score (nSPS) is 10.6. The van der Waals surface area contributed by atoms with Crippen molar-refractivity contribution >= 4 is 23.2 Å². The van der Waals surface area contributed by atoms with Crippen LogP contribution in [0.3, 0.4) is 0 Å². The molecule has 3 N–H and O–H groups in total. The number of ether oxygens (including phenoxy) is 1. The van der Waals surface area contributed by atoms with Crippen LogP contribution < -0.4 is 20.9 Å². The molecular formula is C14H21N3O2S. The van der Waals surface area contributed by atoms with Crippen molar-refractivity contribution in [3.8, 4) is 5.75 Å². The van der Waals surface area contributed by atoms with E-state index in [0.29, 0.717) is 5.11 Å². The molecule has 110 valence electrons. The van der Waals surface area contributed by atoms with Gasteiger partial charge in [-0.05, 0) is 50.7 Å². The smallest absolute Gasteiger partial charge is 0.242 e. The van der Waals surface area contributed by atoms with Gasteiger partial charge in [-0.25, -0.2) is 0 Å². The molecule has 0 aliphatic heterocycles. The maximum atomic E-state index is 11.7. The summed E-state index contributed by atoms with van der Waals surface area (Å²) in [7, 11) is 1.61. The van der Waals surface area contributed by atoms with Crippen molar-refractivity contribution in [3.05, 3.63) is 29.8 Å². The number of rotatable bonds is 3. The molecule has 1 rings (SSSR count). The van der Waals surface area contributed by atoms with Gasteiger partial charge in [0.15, 0.2) is 5.11 Å². The number of hydrazine groups is 1. The van der Waals surface area contributed by atoms with Crippen molar-refractivity contribution in [2.24, 2.45) is 0 Å². The first kappa shape index (κ1) is 16.2. The number of thiocarbonyl (C=S) groups is 1. The average Bonchev–Trinajstić information content (AvgIpc) is 2.35. The molecule has 0 heterocycles. The fourth-order valence-electron chi connectivity index (χ4n) is 1.47. The Hall–Kier alpha value is -1.82. The quantitative estimate of drug-likeness (QED) is 0.583. The zero-order chi connectivity index (χ0) is 15.2. The zero-order valence-electron chi connectivity index (χ0n) is 12.2. The minimum absolute atomic E-state index is 0.148. The molecule has 0 unspecified atom stereocenters. The van der Waals surface area contributed by atoms with Crippen LogP contribution in [0.2, 0.25) is 0 Å². The molecule has 5 nitrogen and oxygen atoms in total. The molecule has 20 heavy (non-hydrogen) atoms. The van der Waals surface area contributed by atoms with E-state index in [1.54, 1.807) is 7.11 Å². The van der Waals surface area contributed by atoms with Crippen molar-refractivity contribution in [2.45, 2.75) is 32.7 Å². The highest BCUT2D eigenvalue weighted by Gasteiger charge is 2.11. The molecule has 0 saturated heterocycles. The van der Waals surface area contributed by atoms with Crippen LogP contribution in [0.5, 0.6) is 5.75 Å². The molecule has 1 amide bonds. The number of hydrogen-bond acceptors (Lipinski definition) is 3. The zero-order valence-corrected chi connectivity index (χ0v) is 13.1. The Bertz CT molecular complexity index is 466. The molecule has 0 aliphatic rings. The maximum absolute atomic E-state index is 11.7. The molecule has 0 spiro atoms. The van der Waals surface area contributed by atoms with Crippen molar-refractivity contribution in [3.63, 3.8) is 0 Å². The number of hydrogen-bond donors (Lipinski definition) is 3. The van der Waals surface area contributed by atoms with Gasteiger partial charge in [0.05, 0.1) is 13.5 Å². The van der Waals surface area contributed by atoms with Gasteiger partial charge in [0, 0.05) is 5.54 Å².